The van der Waals surface area contributed by atoms with Gasteiger partial charge in [0.05, 0.1) is 17.7 Å². The van der Waals surface area contributed by atoms with Crippen molar-refractivity contribution in [3.05, 3.63) is 106 Å². The number of benzene rings is 3. The van der Waals surface area contributed by atoms with Crippen LogP contribution in [0.1, 0.15) is 56.8 Å². The Morgan fingerprint density at radius 3 is 2.15 bits per heavy atom. The Balaban J connectivity index is 1.49. The predicted molar refractivity (Wildman–Crippen MR) is 152 cm³/mol. The number of hydrogen-bond acceptors (Lipinski definition) is 8. The largest absolute Gasteiger partial charge is 0.462 e. The van der Waals surface area contributed by atoms with E-state index in [1.165, 1.54) is 13.0 Å². The van der Waals surface area contributed by atoms with E-state index in [2.05, 4.69) is 5.32 Å². The quantitative estimate of drug-likeness (QED) is 0.105. The molecular formula is C31H31N3O7. The van der Waals surface area contributed by atoms with Crippen molar-refractivity contribution in [1.82, 2.24) is 5.32 Å². The number of carbonyl (C=O) groups excluding carboxylic acids is 4. The minimum Gasteiger partial charge on any atom is -0.462 e. The first-order chi connectivity index (χ1) is 19.6. The highest BCUT2D eigenvalue weighted by Gasteiger charge is 2.17. The summed E-state index contributed by atoms with van der Waals surface area (Å²) in [6.45, 7) is 5.28. The summed E-state index contributed by atoms with van der Waals surface area (Å²) < 4.78 is 15.6. The summed E-state index contributed by atoms with van der Waals surface area (Å²) in [5.74, 6) is -1.86. The van der Waals surface area contributed by atoms with Gasteiger partial charge in [-0.2, -0.15) is 0 Å². The normalized spacial score (nSPS) is 11.4. The van der Waals surface area contributed by atoms with Crippen LogP contribution in [0.4, 0.5) is 0 Å². The molecule has 10 nitrogen and oxygen atoms in total. The van der Waals surface area contributed by atoms with Gasteiger partial charge in [0.2, 0.25) is 5.91 Å². The summed E-state index contributed by atoms with van der Waals surface area (Å²) in [7, 11) is 0. The first kappa shape index (κ1) is 30.3. The van der Waals surface area contributed by atoms with E-state index in [1.54, 1.807) is 86.7 Å². The summed E-state index contributed by atoms with van der Waals surface area (Å²) >= 11 is 0. The summed E-state index contributed by atoms with van der Waals surface area (Å²) in [4.78, 5) is 48.9. The molecular weight excluding hydrogens is 526 g/mol. The fraction of sp³-hybridized carbons (Fsp3) is 0.194. The number of nitrogens with one attached hydrogen (secondary N) is 2. The molecule has 0 heterocycles. The fourth-order valence-electron chi connectivity index (χ4n) is 3.58. The van der Waals surface area contributed by atoms with Gasteiger partial charge in [-0.25, -0.2) is 14.4 Å². The van der Waals surface area contributed by atoms with Crippen molar-refractivity contribution in [2.24, 2.45) is 5.73 Å². The number of hydrogen-bond donors (Lipinski definition) is 3. The van der Waals surface area contributed by atoms with Crippen LogP contribution in [0.5, 0.6) is 5.75 Å². The molecule has 0 saturated heterocycles. The zero-order valence-corrected chi connectivity index (χ0v) is 22.9. The lowest BCUT2D eigenvalue weighted by molar-refractivity contribution is -0.148. The van der Waals surface area contributed by atoms with Crippen molar-refractivity contribution in [3.8, 4) is 5.75 Å². The average Bonchev–Trinajstić information content (AvgIpc) is 2.95. The van der Waals surface area contributed by atoms with E-state index in [1.807, 2.05) is 0 Å². The van der Waals surface area contributed by atoms with Crippen LogP contribution in [-0.4, -0.2) is 42.3 Å². The van der Waals surface area contributed by atoms with E-state index in [4.69, 9.17) is 25.4 Å². The van der Waals surface area contributed by atoms with Gasteiger partial charge < -0.3 is 25.3 Å². The number of amidine groups is 1. The van der Waals surface area contributed by atoms with Crippen molar-refractivity contribution in [2.45, 2.75) is 33.4 Å². The van der Waals surface area contributed by atoms with Crippen LogP contribution in [-0.2, 0) is 25.7 Å². The Hall–Kier alpha value is -5.25. The SMILES string of the molecule is CCOC(=O)c1ccc(COC(=O)C(C)NC(=O)/C=C/c2ccc(C(=O)Oc3ccc(C(=N)N)cc3)cc2C)cc1. The third-order valence-electron chi connectivity index (χ3n) is 5.85. The predicted octanol–water partition coefficient (Wildman–Crippen LogP) is 3.94. The highest BCUT2D eigenvalue weighted by molar-refractivity contribution is 5.96. The number of esters is 3. The summed E-state index contributed by atoms with van der Waals surface area (Å²) in [6.07, 6.45) is 2.86. The minimum absolute atomic E-state index is 0.0182. The third-order valence-corrected chi connectivity index (χ3v) is 5.85. The Morgan fingerprint density at radius 2 is 1.54 bits per heavy atom. The highest BCUT2D eigenvalue weighted by atomic mass is 16.5. The van der Waals surface area contributed by atoms with Crippen molar-refractivity contribution in [1.29, 1.82) is 5.41 Å². The van der Waals surface area contributed by atoms with Crippen LogP contribution in [0.3, 0.4) is 0 Å². The van der Waals surface area contributed by atoms with Crippen LogP contribution in [0.15, 0.2) is 72.8 Å². The number of rotatable bonds is 11. The molecule has 0 aliphatic heterocycles. The van der Waals surface area contributed by atoms with Crippen LogP contribution >= 0.6 is 0 Å². The average molecular weight is 558 g/mol. The lowest BCUT2D eigenvalue weighted by atomic mass is 10.0. The monoisotopic (exact) mass is 557 g/mol. The fourth-order valence-corrected chi connectivity index (χ4v) is 3.58. The lowest BCUT2D eigenvalue weighted by Gasteiger charge is -2.12. The van der Waals surface area contributed by atoms with Gasteiger partial charge in [0, 0.05) is 11.6 Å². The van der Waals surface area contributed by atoms with Crippen LogP contribution < -0.4 is 15.8 Å². The minimum atomic E-state index is -0.895. The van der Waals surface area contributed by atoms with E-state index in [0.29, 0.717) is 33.6 Å². The number of carbonyl (C=O) groups is 4. The molecule has 3 rings (SSSR count). The van der Waals surface area contributed by atoms with E-state index in [9.17, 15) is 19.2 Å². The molecule has 0 aromatic heterocycles. The van der Waals surface area contributed by atoms with E-state index in [0.717, 1.165) is 5.56 Å². The highest BCUT2D eigenvalue weighted by Crippen LogP contribution is 2.17. The molecule has 0 aliphatic rings. The zero-order chi connectivity index (χ0) is 29.9. The Labute approximate surface area is 237 Å². The molecule has 10 heteroatoms. The van der Waals surface area contributed by atoms with Crippen LogP contribution in [0, 0.1) is 12.3 Å². The van der Waals surface area contributed by atoms with Crippen molar-refractivity contribution in [2.75, 3.05) is 6.61 Å². The molecule has 41 heavy (non-hydrogen) atoms. The second-order valence-corrected chi connectivity index (χ2v) is 8.99. The first-order valence-corrected chi connectivity index (χ1v) is 12.8. The van der Waals surface area contributed by atoms with Gasteiger partial charge in [-0.15, -0.1) is 0 Å². The van der Waals surface area contributed by atoms with Gasteiger partial charge in [0.1, 0.15) is 24.2 Å². The standard InChI is InChI=1S/C31H31N3O7/c1-4-39-30(37)24-7-5-21(6-8-24)18-40-29(36)20(3)34-27(35)16-13-22-9-10-25(17-19(22)2)31(38)41-26-14-11-23(12-15-26)28(32)33/h5-17,20H,4,18H2,1-3H3,(H3,32,33)(H,34,35)/b16-13+. The van der Waals surface area contributed by atoms with Gasteiger partial charge in [0.15, 0.2) is 0 Å². The summed E-state index contributed by atoms with van der Waals surface area (Å²) in [5, 5.41) is 9.97. The number of aryl methyl sites for hydroxylation is 1. The summed E-state index contributed by atoms with van der Waals surface area (Å²) in [6, 6.07) is 16.8. The Bertz CT molecular complexity index is 1460. The maximum atomic E-state index is 12.5. The lowest BCUT2D eigenvalue weighted by Crippen LogP contribution is -2.38. The third kappa shape index (κ3) is 8.89. The molecule has 4 N–H and O–H groups in total. The van der Waals surface area contributed by atoms with Crippen molar-refractivity contribution in [3.63, 3.8) is 0 Å². The molecule has 0 aliphatic carbocycles. The van der Waals surface area contributed by atoms with Gasteiger partial charge in [-0.3, -0.25) is 10.2 Å². The van der Waals surface area contributed by atoms with Crippen LogP contribution in [0.25, 0.3) is 6.08 Å². The molecule has 0 fully saturated rings. The van der Waals surface area contributed by atoms with E-state index in [-0.39, 0.29) is 19.0 Å². The second kappa shape index (κ2) is 14.2. The smallest absolute Gasteiger partial charge is 0.343 e. The molecule has 1 amide bonds. The number of nitrogen functional groups attached to an aromatic ring is 1. The molecule has 1 atom stereocenters. The maximum absolute atomic E-state index is 12.5. The van der Waals surface area contributed by atoms with E-state index < -0.39 is 29.9 Å². The molecule has 3 aromatic carbocycles. The molecule has 1 unspecified atom stereocenters. The zero-order valence-electron chi connectivity index (χ0n) is 22.9. The van der Waals surface area contributed by atoms with Crippen LogP contribution in [0.2, 0.25) is 0 Å². The molecule has 0 saturated carbocycles. The molecule has 212 valence electrons. The molecule has 0 radical (unpaired) electrons. The molecule has 3 aromatic rings. The number of nitrogens with two attached hydrogens (primary N) is 1. The summed E-state index contributed by atoms with van der Waals surface area (Å²) in [5.41, 5.74) is 8.79. The first-order valence-electron chi connectivity index (χ1n) is 12.8. The van der Waals surface area contributed by atoms with E-state index >= 15 is 0 Å². The van der Waals surface area contributed by atoms with Gasteiger partial charge in [-0.1, -0.05) is 18.2 Å². The maximum Gasteiger partial charge on any atom is 0.343 e. The van der Waals surface area contributed by atoms with Gasteiger partial charge >= 0.3 is 17.9 Å². The Kier molecular flexibility index (Phi) is 10.5. The second-order valence-electron chi connectivity index (χ2n) is 8.99. The Morgan fingerprint density at radius 1 is 0.902 bits per heavy atom. The van der Waals surface area contributed by atoms with Gasteiger partial charge in [0.25, 0.3) is 0 Å². The van der Waals surface area contributed by atoms with Gasteiger partial charge in [-0.05, 0) is 92.1 Å². The van der Waals surface area contributed by atoms with Crippen molar-refractivity contribution >= 4 is 35.7 Å². The molecule has 0 spiro atoms. The topological polar surface area (TPSA) is 158 Å². The number of ether oxygens (including phenoxy) is 3. The number of amides is 1. The molecule has 0 bridgehead atoms. The van der Waals surface area contributed by atoms with Crippen molar-refractivity contribution < 1.29 is 33.4 Å².